The van der Waals surface area contributed by atoms with Gasteiger partial charge in [0.25, 0.3) is 0 Å². The summed E-state index contributed by atoms with van der Waals surface area (Å²) in [5.74, 6) is 0.909. The number of rotatable bonds is 6. The summed E-state index contributed by atoms with van der Waals surface area (Å²) in [6.45, 7) is 4.43. The molecule has 0 heterocycles. The number of nitrogens with one attached hydrogen (secondary N) is 1. The van der Waals surface area contributed by atoms with Crippen LogP contribution in [-0.2, 0) is 6.42 Å². The third-order valence-corrected chi connectivity index (χ3v) is 3.54. The molecule has 2 aromatic carbocycles. The first-order valence-corrected chi connectivity index (χ1v) is 7.13. The number of ether oxygens (including phenoxy) is 1. The molecule has 20 heavy (non-hydrogen) atoms. The molecular weight excluding hydrogens is 246 g/mol. The predicted octanol–water partition coefficient (Wildman–Crippen LogP) is 3.98. The lowest BCUT2D eigenvalue weighted by atomic mass is 10.0. The van der Waals surface area contributed by atoms with E-state index in [9.17, 15) is 0 Å². The molecule has 0 fully saturated rings. The lowest BCUT2D eigenvalue weighted by Gasteiger charge is -2.20. The summed E-state index contributed by atoms with van der Waals surface area (Å²) in [7, 11) is 1.70. The second kappa shape index (κ2) is 7.11. The molecule has 106 valence electrons. The first-order chi connectivity index (χ1) is 9.69. The van der Waals surface area contributed by atoms with Crippen molar-refractivity contribution in [3.63, 3.8) is 0 Å². The van der Waals surface area contributed by atoms with E-state index in [-0.39, 0.29) is 0 Å². The molecule has 0 aromatic heterocycles. The average Bonchev–Trinajstić information content (AvgIpc) is 2.49. The van der Waals surface area contributed by atoms with Crippen LogP contribution in [0.4, 0.5) is 0 Å². The normalized spacial score (nSPS) is 13.8. The minimum atomic E-state index is 0.365. The molecule has 2 atom stereocenters. The van der Waals surface area contributed by atoms with Crippen molar-refractivity contribution < 1.29 is 4.74 Å². The van der Waals surface area contributed by atoms with Gasteiger partial charge in [-0.15, -0.1) is 0 Å². The van der Waals surface area contributed by atoms with Gasteiger partial charge in [0.15, 0.2) is 0 Å². The van der Waals surface area contributed by atoms with Crippen molar-refractivity contribution in [2.75, 3.05) is 7.11 Å². The minimum Gasteiger partial charge on any atom is -0.497 e. The highest BCUT2D eigenvalue weighted by Gasteiger charge is 2.09. The number of benzene rings is 2. The maximum Gasteiger partial charge on any atom is 0.118 e. The molecule has 0 bridgehead atoms. The molecule has 0 saturated heterocycles. The Morgan fingerprint density at radius 3 is 2.20 bits per heavy atom. The van der Waals surface area contributed by atoms with Crippen molar-refractivity contribution in [2.24, 2.45) is 0 Å². The van der Waals surface area contributed by atoms with E-state index in [0.29, 0.717) is 12.1 Å². The van der Waals surface area contributed by atoms with Gasteiger partial charge in [0, 0.05) is 12.1 Å². The van der Waals surface area contributed by atoms with Crippen LogP contribution >= 0.6 is 0 Å². The second-order valence-corrected chi connectivity index (χ2v) is 5.25. The average molecular weight is 269 g/mol. The SMILES string of the molecule is COc1ccc(C[C@@H](C)NC(C)c2ccccc2)cc1. The highest BCUT2D eigenvalue weighted by molar-refractivity contribution is 5.27. The molecule has 0 radical (unpaired) electrons. The zero-order valence-electron chi connectivity index (χ0n) is 12.5. The summed E-state index contributed by atoms with van der Waals surface area (Å²) in [4.78, 5) is 0. The Morgan fingerprint density at radius 1 is 0.950 bits per heavy atom. The van der Waals surface area contributed by atoms with E-state index in [2.05, 4.69) is 61.6 Å². The third-order valence-electron chi connectivity index (χ3n) is 3.54. The molecule has 0 aliphatic heterocycles. The smallest absolute Gasteiger partial charge is 0.118 e. The molecule has 2 rings (SSSR count). The Bertz CT molecular complexity index is 507. The van der Waals surface area contributed by atoms with E-state index in [0.717, 1.165) is 12.2 Å². The van der Waals surface area contributed by atoms with Gasteiger partial charge in [-0.1, -0.05) is 42.5 Å². The minimum absolute atomic E-state index is 0.365. The molecule has 0 spiro atoms. The maximum absolute atomic E-state index is 5.18. The second-order valence-electron chi connectivity index (χ2n) is 5.25. The Labute approximate surface area is 121 Å². The molecule has 0 aliphatic carbocycles. The van der Waals surface area contributed by atoms with Gasteiger partial charge in [-0.05, 0) is 43.5 Å². The standard InChI is InChI=1S/C18H23NO/c1-14(13-16-9-11-18(20-3)12-10-16)19-15(2)17-7-5-4-6-8-17/h4-12,14-15,19H,13H2,1-3H3/t14-,15?/m1/s1. The summed E-state index contributed by atoms with van der Waals surface area (Å²) in [6, 6.07) is 19.6. The van der Waals surface area contributed by atoms with Crippen LogP contribution in [0.2, 0.25) is 0 Å². The third kappa shape index (κ3) is 4.10. The Balaban J connectivity index is 1.90. The van der Waals surface area contributed by atoms with E-state index in [1.807, 2.05) is 12.1 Å². The largest absolute Gasteiger partial charge is 0.497 e. The highest BCUT2D eigenvalue weighted by atomic mass is 16.5. The number of hydrogen-bond donors (Lipinski definition) is 1. The Morgan fingerprint density at radius 2 is 1.60 bits per heavy atom. The lowest BCUT2D eigenvalue weighted by Crippen LogP contribution is -2.30. The lowest BCUT2D eigenvalue weighted by molar-refractivity contribution is 0.414. The molecule has 1 N–H and O–H groups in total. The van der Waals surface area contributed by atoms with Crippen molar-refractivity contribution in [2.45, 2.75) is 32.4 Å². The van der Waals surface area contributed by atoms with Crippen LogP contribution in [0.5, 0.6) is 5.75 Å². The van der Waals surface area contributed by atoms with Gasteiger partial charge in [0.1, 0.15) is 5.75 Å². The van der Waals surface area contributed by atoms with Crippen LogP contribution in [0.15, 0.2) is 54.6 Å². The molecule has 2 nitrogen and oxygen atoms in total. The van der Waals surface area contributed by atoms with Gasteiger partial charge < -0.3 is 10.1 Å². The van der Waals surface area contributed by atoms with Gasteiger partial charge in [-0.25, -0.2) is 0 Å². The summed E-state index contributed by atoms with van der Waals surface area (Å²) in [5.41, 5.74) is 2.65. The molecule has 0 saturated carbocycles. The van der Waals surface area contributed by atoms with Crippen LogP contribution in [0.3, 0.4) is 0 Å². The van der Waals surface area contributed by atoms with Gasteiger partial charge >= 0.3 is 0 Å². The van der Waals surface area contributed by atoms with Gasteiger partial charge in [0.2, 0.25) is 0 Å². The topological polar surface area (TPSA) is 21.3 Å². The zero-order chi connectivity index (χ0) is 14.4. The van der Waals surface area contributed by atoms with Crippen molar-refractivity contribution in [1.29, 1.82) is 0 Å². The van der Waals surface area contributed by atoms with Gasteiger partial charge in [-0.3, -0.25) is 0 Å². The Hall–Kier alpha value is -1.80. The van der Waals surface area contributed by atoms with E-state index in [4.69, 9.17) is 4.74 Å². The van der Waals surface area contributed by atoms with Crippen molar-refractivity contribution >= 4 is 0 Å². The quantitative estimate of drug-likeness (QED) is 0.856. The van der Waals surface area contributed by atoms with Crippen LogP contribution in [-0.4, -0.2) is 13.2 Å². The van der Waals surface area contributed by atoms with Crippen LogP contribution in [0.25, 0.3) is 0 Å². The fourth-order valence-corrected chi connectivity index (χ4v) is 2.44. The first-order valence-electron chi connectivity index (χ1n) is 7.13. The first kappa shape index (κ1) is 14.6. The highest BCUT2D eigenvalue weighted by Crippen LogP contribution is 2.15. The summed E-state index contributed by atoms with van der Waals surface area (Å²) >= 11 is 0. The van der Waals surface area contributed by atoms with Gasteiger partial charge in [0.05, 0.1) is 7.11 Å². The van der Waals surface area contributed by atoms with Gasteiger partial charge in [-0.2, -0.15) is 0 Å². The van der Waals surface area contributed by atoms with E-state index in [1.165, 1.54) is 11.1 Å². The molecular formula is C18H23NO. The maximum atomic E-state index is 5.18. The van der Waals surface area contributed by atoms with E-state index >= 15 is 0 Å². The predicted molar refractivity (Wildman–Crippen MR) is 84.2 cm³/mol. The number of hydrogen-bond acceptors (Lipinski definition) is 2. The Kier molecular flexibility index (Phi) is 5.19. The molecule has 2 heteroatoms. The van der Waals surface area contributed by atoms with Crippen LogP contribution in [0, 0.1) is 0 Å². The van der Waals surface area contributed by atoms with Crippen molar-refractivity contribution in [3.8, 4) is 5.75 Å². The molecule has 2 aromatic rings. The summed E-state index contributed by atoms with van der Waals surface area (Å²) < 4.78 is 5.18. The summed E-state index contributed by atoms with van der Waals surface area (Å²) in [5, 5.41) is 3.64. The van der Waals surface area contributed by atoms with E-state index in [1.54, 1.807) is 7.11 Å². The van der Waals surface area contributed by atoms with Crippen molar-refractivity contribution in [3.05, 3.63) is 65.7 Å². The molecule has 0 amide bonds. The van der Waals surface area contributed by atoms with Crippen LogP contribution in [0.1, 0.15) is 31.0 Å². The van der Waals surface area contributed by atoms with Crippen molar-refractivity contribution in [1.82, 2.24) is 5.32 Å². The fraction of sp³-hybridized carbons (Fsp3) is 0.333. The monoisotopic (exact) mass is 269 g/mol. The number of methoxy groups -OCH3 is 1. The molecule has 1 unspecified atom stereocenters. The zero-order valence-corrected chi connectivity index (χ0v) is 12.5. The molecule has 0 aliphatic rings. The summed E-state index contributed by atoms with van der Waals surface area (Å²) in [6.07, 6.45) is 1.02. The van der Waals surface area contributed by atoms with Crippen LogP contribution < -0.4 is 10.1 Å². The van der Waals surface area contributed by atoms with E-state index < -0.39 is 0 Å². The fourth-order valence-electron chi connectivity index (χ4n) is 2.44.